The predicted octanol–water partition coefficient (Wildman–Crippen LogP) is 3.00. The van der Waals surface area contributed by atoms with Gasteiger partial charge < -0.3 is 4.74 Å². The summed E-state index contributed by atoms with van der Waals surface area (Å²) in [6.45, 7) is 3.02. The van der Waals surface area contributed by atoms with Crippen LogP contribution in [0.15, 0.2) is 24.3 Å². The first-order chi connectivity index (χ1) is 8.31. The van der Waals surface area contributed by atoms with Gasteiger partial charge in [-0.1, -0.05) is 12.1 Å². The maximum atomic E-state index is 12.9. The van der Waals surface area contributed by atoms with Crippen LogP contribution >= 0.6 is 0 Å². The number of methoxy groups -OCH3 is 1. The fourth-order valence-electron chi connectivity index (χ4n) is 2.57. The van der Waals surface area contributed by atoms with Crippen LogP contribution in [0.4, 0.5) is 4.39 Å². The molecule has 1 atom stereocenters. The van der Waals surface area contributed by atoms with Gasteiger partial charge in [-0.2, -0.15) is 0 Å². The lowest BCUT2D eigenvalue weighted by Crippen LogP contribution is -2.25. The molecule has 0 unspecified atom stereocenters. The lowest BCUT2D eigenvalue weighted by atomic mass is 10.0. The van der Waals surface area contributed by atoms with Gasteiger partial charge >= 0.3 is 0 Å². The molecule has 1 aromatic carbocycles. The van der Waals surface area contributed by atoms with Crippen LogP contribution in [0.3, 0.4) is 0 Å². The van der Waals surface area contributed by atoms with Crippen molar-refractivity contribution in [2.24, 2.45) is 0 Å². The molecule has 0 spiro atoms. The third-order valence-corrected chi connectivity index (χ3v) is 3.41. The van der Waals surface area contributed by atoms with Crippen molar-refractivity contribution in [1.29, 1.82) is 0 Å². The quantitative estimate of drug-likeness (QED) is 0.730. The molecule has 1 aliphatic rings. The van der Waals surface area contributed by atoms with E-state index in [4.69, 9.17) is 4.74 Å². The molecule has 0 N–H and O–H groups in total. The van der Waals surface area contributed by atoms with E-state index in [1.165, 1.54) is 18.4 Å². The van der Waals surface area contributed by atoms with Gasteiger partial charge in [-0.25, -0.2) is 4.39 Å². The van der Waals surface area contributed by atoms with Gasteiger partial charge in [-0.3, -0.25) is 4.90 Å². The Morgan fingerprint density at radius 3 is 2.82 bits per heavy atom. The summed E-state index contributed by atoms with van der Waals surface area (Å²) in [6, 6.07) is 7.40. The minimum absolute atomic E-state index is 0.155. The molecule has 1 aromatic rings. The molecule has 0 amide bonds. The van der Waals surface area contributed by atoms with Crippen molar-refractivity contribution in [2.45, 2.75) is 25.3 Å². The van der Waals surface area contributed by atoms with Gasteiger partial charge in [-0.05, 0) is 43.5 Å². The van der Waals surface area contributed by atoms with Crippen LogP contribution < -0.4 is 0 Å². The second-order valence-electron chi connectivity index (χ2n) is 4.59. The van der Waals surface area contributed by atoms with Gasteiger partial charge in [0, 0.05) is 26.3 Å². The number of rotatable bonds is 5. The zero-order chi connectivity index (χ0) is 12.1. The van der Waals surface area contributed by atoms with Gasteiger partial charge in [-0.15, -0.1) is 0 Å². The van der Waals surface area contributed by atoms with Crippen LogP contribution in [0.2, 0.25) is 0 Å². The Kier molecular flexibility index (Phi) is 4.51. The van der Waals surface area contributed by atoms with Crippen molar-refractivity contribution in [3.63, 3.8) is 0 Å². The number of hydrogen-bond donors (Lipinski definition) is 0. The number of nitrogens with zero attached hydrogens (tertiary/aromatic N) is 1. The Bertz CT molecular complexity index is 339. The minimum atomic E-state index is -0.155. The molecule has 2 nitrogen and oxygen atoms in total. The molecular formula is C14H20FNO. The van der Waals surface area contributed by atoms with E-state index in [0.29, 0.717) is 6.04 Å². The Balaban J connectivity index is 1.96. The van der Waals surface area contributed by atoms with Gasteiger partial charge in [0.15, 0.2) is 0 Å². The summed E-state index contributed by atoms with van der Waals surface area (Å²) >= 11 is 0. The second kappa shape index (κ2) is 6.12. The lowest BCUT2D eigenvalue weighted by molar-refractivity contribution is 0.167. The van der Waals surface area contributed by atoms with Crippen molar-refractivity contribution >= 4 is 0 Å². The smallest absolute Gasteiger partial charge is 0.123 e. The topological polar surface area (TPSA) is 12.5 Å². The molecule has 1 heterocycles. The van der Waals surface area contributed by atoms with Crippen LogP contribution in [0.1, 0.15) is 30.9 Å². The predicted molar refractivity (Wildman–Crippen MR) is 66.4 cm³/mol. The molecule has 0 aromatic heterocycles. The highest BCUT2D eigenvalue weighted by molar-refractivity contribution is 5.20. The highest BCUT2D eigenvalue weighted by Crippen LogP contribution is 2.31. The molecule has 94 valence electrons. The van der Waals surface area contributed by atoms with Crippen LogP contribution in [0.25, 0.3) is 0 Å². The summed E-state index contributed by atoms with van der Waals surface area (Å²) in [6.07, 6.45) is 3.47. The van der Waals surface area contributed by atoms with E-state index in [-0.39, 0.29) is 5.82 Å². The summed E-state index contributed by atoms with van der Waals surface area (Å²) in [5.41, 5.74) is 1.24. The molecule has 0 saturated carbocycles. The van der Waals surface area contributed by atoms with E-state index in [1.54, 1.807) is 19.2 Å². The van der Waals surface area contributed by atoms with Gasteiger partial charge in [0.1, 0.15) is 5.82 Å². The van der Waals surface area contributed by atoms with Gasteiger partial charge in [0.05, 0.1) is 0 Å². The zero-order valence-corrected chi connectivity index (χ0v) is 10.4. The Hall–Kier alpha value is -0.930. The van der Waals surface area contributed by atoms with E-state index in [9.17, 15) is 4.39 Å². The number of halogens is 1. The van der Waals surface area contributed by atoms with E-state index >= 15 is 0 Å². The van der Waals surface area contributed by atoms with Crippen LogP contribution in [0, 0.1) is 5.82 Å². The molecule has 2 rings (SSSR count). The van der Waals surface area contributed by atoms with E-state index in [2.05, 4.69) is 4.90 Å². The number of likely N-dealkylation sites (tertiary alicyclic amines) is 1. The second-order valence-corrected chi connectivity index (χ2v) is 4.59. The fourth-order valence-corrected chi connectivity index (χ4v) is 2.57. The van der Waals surface area contributed by atoms with Crippen molar-refractivity contribution in [3.05, 3.63) is 35.6 Å². The third kappa shape index (κ3) is 3.27. The number of benzene rings is 1. The maximum Gasteiger partial charge on any atom is 0.123 e. The van der Waals surface area contributed by atoms with Crippen LogP contribution in [0.5, 0.6) is 0 Å². The van der Waals surface area contributed by atoms with Gasteiger partial charge in [0.2, 0.25) is 0 Å². The molecule has 1 saturated heterocycles. The SMILES string of the molecule is COCCCN1CCC[C@@H]1c1ccc(F)cc1. The highest BCUT2D eigenvalue weighted by Gasteiger charge is 2.25. The summed E-state index contributed by atoms with van der Waals surface area (Å²) in [5.74, 6) is -0.155. The fraction of sp³-hybridized carbons (Fsp3) is 0.571. The monoisotopic (exact) mass is 237 g/mol. The van der Waals surface area contributed by atoms with E-state index in [0.717, 1.165) is 26.1 Å². The zero-order valence-electron chi connectivity index (χ0n) is 10.4. The Morgan fingerprint density at radius 2 is 2.12 bits per heavy atom. The van der Waals surface area contributed by atoms with Crippen molar-refractivity contribution < 1.29 is 9.13 Å². The molecular weight excluding hydrogens is 217 g/mol. The lowest BCUT2D eigenvalue weighted by Gasteiger charge is -2.24. The average molecular weight is 237 g/mol. The number of hydrogen-bond acceptors (Lipinski definition) is 2. The standard InChI is InChI=1S/C14H20FNO/c1-17-11-3-10-16-9-2-4-14(16)12-5-7-13(15)8-6-12/h5-8,14H,2-4,9-11H2,1H3/t14-/m1/s1. The summed E-state index contributed by atoms with van der Waals surface area (Å²) < 4.78 is 18.0. The third-order valence-electron chi connectivity index (χ3n) is 3.41. The highest BCUT2D eigenvalue weighted by atomic mass is 19.1. The molecule has 0 bridgehead atoms. The first-order valence-corrected chi connectivity index (χ1v) is 6.29. The average Bonchev–Trinajstić information content (AvgIpc) is 2.79. The van der Waals surface area contributed by atoms with Gasteiger partial charge in [0.25, 0.3) is 0 Å². The van der Waals surface area contributed by atoms with E-state index < -0.39 is 0 Å². The van der Waals surface area contributed by atoms with Crippen molar-refractivity contribution in [3.8, 4) is 0 Å². The molecule has 3 heteroatoms. The molecule has 0 radical (unpaired) electrons. The Labute approximate surface area is 102 Å². The van der Waals surface area contributed by atoms with E-state index in [1.807, 2.05) is 12.1 Å². The normalized spacial score (nSPS) is 20.9. The van der Waals surface area contributed by atoms with Crippen molar-refractivity contribution in [1.82, 2.24) is 4.90 Å². The maximum absolute atomic E-state index is 12.9. The largest absolute Gasteiger partial charge is 0.385 e. The number of ether oxygens (including phenoxy) is 1. The summed E-state index contributed by atoms with van der Waals surface area (Å²) in [7, 11) is 1.74. The van der Waals surface area contributed by atoms with Crippen LogP contribution in [-0.2, 0) is 4.74 Å². The molecule has 1 aliphatic heterocycles. The molecule has 0 aliphatic carbocycles. The van der Waals surface area contributed by atoms with Crippen LogP contribution in [-0.4, -0.2) is 31.7 Å². The Morgan fingerprint density at radius 1 is 1.35 bits per heavy atom. The molecule has 1 fully saturated rings. The minimum Gasteiger partial charge on any atom is -0.385 e. The summed E-state index contributed by atoms with van der Waals surface area (Å²) in [5, 5.41) is 0. The molecule has 17 heavy (non-hydrogen) atoms. The first kappa shape index (κ1) is 12.5. The summed E-state index contributed by atoms with van der Waals surface area (Å²) in [4.78, 5) is 2.48. The van der Waals surface area contributed by atoms with Crippen molar-refractivity contribution in [2.75, 3.05) is 26.8 Å². The first-order valence-electron chi connectivity index (χ1n) is 6.29.